The summed E-state index contributed by atoms with van der Waals surface area (Å²) in [5.74, 6) is 0.149. The van der Waals surface area contributed by atoms with Crippen molar-refractivity contribution < 1.29 is 80.2 Å². The second-order valence-electron chi connectivity index (χ2n) is 26.0. The van der Waals surface area contributed by atoms with Gasteiger partial charge in [-0.25, -0.2) is 9.13 Å². The highest BCUT2D eigenvalue weighted by Crippen LogP contribution is 2.45. The number of hydrogen-bond donors (Lipinski definition) is 3. The first kappa shape index (κ1) is 88.5. The zero-order valence-electron chi connectivity index (χ0n) is 58.8. The summed E-state index contributed by atoms with van der Waals surface area (Å²) < 4.78 is 68.3. The molecule has 19 heteroatoms. The number of hydrogen-bond acceptors (Lipinski definition) is 15. The first-order valence-electron chi connectivity index (χ1n) is 36.8. The number of phosphoric acid groups is 2. The molecule has 0 aromatic carbocycles. The lowest BCUT2D eigenvalue weighted by molar-refractivity contribution is -0.161. The standard InChI is InChI=1S/C72H136O17P2/c1-8-12-13-14-15-16-17-18-19-20-21-25-32-41-48-55-71(76)88-67(59-82-69(74)53-46-39-31-28-27-30-37-44-51-64(6)10-3)61-86-90(78,79)84-57-66(73)58-85-91(80,81)87-62-68(60-83-70(75)54-47-40-35-34-38-45-52-65(7)11-4)89-72(77)56-49-42-33-26-23-22-24-29-36-43-50-63(5)9-2/h16-19,63-68,73H,8-15,20-62H2,1-7H3,(H,78,79)(H,80,81)/b17-16-,19-18-/t63?,64?,65?,66-,67-,68-/m1/s1. The van der Waals surface area contributed by atoms with Gasteiger partial charge < -0.3 is 33.8 Å². The summed E-state index contributed by atoms with van der Waals surface area (Å²) >= 11 is 0. The van der Waals surface area contributed by atoms with Crippen LogP contribution in [0.5, 0.6) is 0 Å². The van der Waals surface area contributed by atoms with Crippen LogP contribution in [0.1, 0.15) is 337 Å². The number of unbranched alkanes of at least 4 members (excludes halogenated alkanes) is 30. The molecule has 0 heterocycles. The van der Waals surface area contributed by atoms with Crippen molar-refractivity contribution in [2.75, 3.05) is 39.6 Å². The highest BCUT2D eigenvalue weighted by atomic mass is 31.2. The maximum atomic E-state index is 13.0. The minimum Gasteiger partial charge on any atom is -0.462 e. The fourth-order valence-electron chi connectivity index (χ4n) is 10.3. The summed E-state index contributed by atoms with van der Waals surface area (Å²) in [6, 6.07) is 0. The number of carbonyl (C=O) groups excluding carboxylic acids is 4. The second kappa shape index (κ2) is 62.4. The SMILES string of the molecule is CCCCCC/C=C\C=C/CCCCCCCC(=O)O[C@H](COC(=O)CCCCCCCCCCC(C)CC)COP(=O)(O)OC[C@@H](O)COP(=O)(O)OC[C@@H](COC(=O)CCCCCCCCC(C)CC)OC(=O)CCCCCCCCCCCCC(C)CC. The summed E-state index contributed by atoms with van der Waals surface area (Å²) in [7, 11) is -9.92. The van der Waals surface area contributed by atoms with Crippen molar-refractivity contribution in [1.29, 1.82) is 0 Å². The Bertz CT molecular complexity index is 1880. The van der Waals surface area contributed by atoms with Gasteiger partial charge in [0.05, 0.1) is 26.4 Å². The van der Waals surface area contributed by atoms with Crippen molar-refractivity contribution >= 4 is 39.5 Å². The third kappa shape index (κ3) is 62.1. The maximum Gasteiger partial charge on any atom is 0.472 e. The molecule has 0 saturated heterocycles. The summed E-state index contributed by atoms with van der Waals surface area (Å²) in [4.78, 5) is 72.6. The van der Waals surface area contributed by atoms with Crippen LogP contribution in [0.2, 0.25) is 0 Å². The van der Waals surface area contributed by atoms with E-state index in [0.29, 0.717) is 25.7 Å². The Hall–Kier alpha value is -2.46. The number of allylic oxidation sites excluding steroid dienone is 4. The molecule has 0 rings (SSSR count). The molecular weight excluding hydrogens is 1200 g/mol. The molecule has 8 atom stereocenters. The molecule has 3 N–H and O–H groups in total. The predicted molar refractivity (Wildman–Crippen MR) is 367 cm³/mol. The average molecular weight is 1340 g/mol. The molecule has 0 aromatic rings. The van der Waals surface area contributed by atoms with E-state index < -0.39 is 97.5 Å². The lowest BCUT2D eigenvalue weighted by atomic mass is 9.99. The van der Waals surface area contributed by atoms with E-state index in [4.69, 9.17) is 37.0 Å². The molecule has 0 radical (unpaired) electrons. The van der Waals surface area contributed by atoms with Gasteiger partial charge in [0, 0.05) is 25.7 Å². The molecule has 0 amide bonds. The number of carbonyl (C=O) groups is 4. The van der Waals surface area contributed by atoms with Crippen molar-refractivity contribution in [3.05, 3.63) is 24.3 Å². The Labute approximate surface area is 554 Å². The van der Waals surface area contributed by atoms with Crippen molar-refractivity contribution in [2.24, 2.45) is 17.8 Å². The minimum atomic E-state index is -4.96. The molecule has 5 unspecified atom stereocenters. The Morgan fingerprint density at radius 2 is 0.615 bits per heavy atom. The van der Waals surface area contributed by atoms with Crippen molar-refractivity contribution in [3.8, 4) is 0 Å². The smallest absolute Gasteiger partial charge is 0.462 e. The summed E-state index contributed by atoms with van der Waals surface area (Å²) in [5, 5.41) is 10.6. The van der Waals surface area contributed by atoms with E-state index >= 15 is 0 Å². The van der Waals surface area contributed by atoms with E-state index in [0.717, 1.165) is 127 Å². The highest BCUT2D eigenvalue weighted by Gasteiger charge is 2.30. The molecule has 0 aliphatic carbocycles. The number of aliphatic hydroxyl groups excluding tert-OH is 1. The molecule has 536 valence electrons. The van der Waals surface area contributed by atoms with Crippen LogP contribution < -0.4 is 0 Å². The number of esters is 4. The van der Waals surface area contributed by atoms with E-state index in [1.807, 2.05) is 0 Å². The third-order valence-corrected chi connectivity index (χ3v) is 19.0. The molecule has 0 saturated carbocycles. The number of rotatable bonds is 68. The number of aliphatic hydroxyl groups is 1. The van der Waals surface area contributed by atoms with Crippen molar-refractivity contribution in [2.45, 2.75) is 356 Å². The molecule has 0 bridgehead atoms. The normalized spacial score (nSPS) is 15.2. The lowest BCUT2D eigenvalue weighted by Crippen LogP contribution is -2.30. The van der Waals surface area contributed by atoms with E-state index in [1.165, 1.54) is 128 Å². The van der Waals surface area contributed by atoms with Crippen LogP contribution >= 0.6 is 15.6 Å². The first-order valence-corrected chi connectivity index (χ1v) is 39.8. The third-order valence-electron chi connectivity index (χ3n) is 17.1. The van der Waals surface area contributed by atoms with Gasteiger partial charge >= 0.3 is 39.5 Å². The fourth-order valence-corrected chi connectivity index (χ4v) is 11.8. The Morgan fingerprint density at radius 1 is 0.352 bits per heavy atom. The zero-order valence-corrected chi connectivity index (χ0v) is 60.6. The van der Waals surface area contributed by atoms with Gasteiger partial charge in [0.15, 0.2) is 12.2 Å². The van der Waals surface area contributed by atoms with Crippen LogP contribution in [-0.4, -0.2) is 96.7 Å². The second-order valence-corrected chi connectivity index (χ2v) is 28.9. The minimum absolute atomic E-state index is 0.0840. The van der Waals surface area contributed by atoms with Crippen LogP contribution in [0.3, 0.4) is 0 Å². The Kier molecular flexibility index (Phi) is 60.7. The molecule has 0 aromatic heterocycles. The lowest BCUT2D eigenvalue weighted by Gasteiger charge is -2.21. The van der Waals surface area contributed by atoms with Gasteiger partial charge in [-0.3, -0.25) is 37.3 Å². The van der Waals surface area contributed by atoms with Crippen molar-refractivity contribution in [3.63, 3.8) is 0 Å². The highest BCUT2D eigenvalue weighted by molar-refractivity contribution is 7.47. The molecular formula is C72H136O17P2. The van der Waals surface area contributed by atoms with Gasteiger partial charge in [0.1, 0.15) is 19.3 Å². The summed E-state index contributed by atoms with van der Waals surface area (Å²) in [6.07, 6.45) is 49.3. The monoisotopic (exact) mass is 1330 g/mol. The van der Waals surface area contributed by atoms with Crippen molar-refractivity contribution in [1.82, 2.24) is 0 Å². The maximum absolute atomic E-state index is 13.0. The molecule has 17 nitrogen and oxygen atoms in total. The predicted octanol–water partition coefficient (Wildman–Crippen LogP) is 20.2. The van der Waals surface area contributed by atoms with E-state index in [9.17, 15) is 43.2 Å². The van der Waals surface area contributed by atoms with Crippen LogP contribution in [0.25, 0.3) is 0 Å². The number of phosphoric ester groups is 2. The topological polar surface area (TPSA) is 237 Å². The zero-order chi connectivity index (χ0) is 67.3. The summed E-state index contributed by atoms with van der Waals surface area (Å²) in [6.45, 7) is 11.8. The molecule has 0 spiro atoms. The van der Waals surface area contributed by atoms with Gasteiger partial charge in [-0.2, -0.15) is 0 Å². The Morgan fingerprint density at radius 3 is 0.923 bits per heavy atom. The molecule has 0 aliphatic rings. The average Bonchev–Trinajstić information content (AvgIpc) is 3.41. The van der Waals surface area contributed by atoms with Crippen LogP contribution in [0.4, 0.5) is 0 Å². The van der Waals surface area contributed by atoms with Crippen LogP contribution in [0.15, 0.2) is 24.3 Å². The van der Waals surface area contributed by atoms with Gasteiger partial charge in [-0.05, 0) is 69.1 Å². The molecule has 91 heavy (non-hydrogen) atoms. The van der Waals surface area contributed by atoms with E-state index in [-0.39, 0.29) is 25.7 Å². The van der Waals surface area contributed by atoms with Gasteiger partial charge in [-0.15, -0.1) is 0 Å². The van der Waals surface area contributed by atoms with E-state index in [2.05, 4.69) is 72.8 Å². The van der Waals surface area contributed by atoms with E-state index in [1.54, 1.807) is 0 Å². The van der Waals surface area contributed by atoms with Gasteiger partial charge in [0.2, 0.25) is 0 Å². The largest absolute Gasteiger partial charge is 0.472 e. The first-order chi connectivity index (χ1) is 43.8. The number of ether oxygens (including phenoxy) is 4. The molecule has 0 aliphatic heterocycles. The summed E-state index contributed by atoms with van der Waals surface area (Å²) in [5.41, 5.74) is 0. The van der Waals surface area contributed by atoms with Crippen LogP contribution in [0, 0.1) is 17.8 Å². The quantitative estimate of drug-likeness (QED) is 0.0169. The molecule has 0 fully saturated rings. The van der Waals surface area contributed by atoms with Crippen LogP contribution in [-0.2, 0) is 65.4 Å². The Balaban J connectivity index is 5.31. The van der Waals surface area contributed by atoms with Gasteiger partial charge in [0.25, 0.3) is 0 Å². The fraction of sp³-hybridized carbons (Fsp3) is 0.889. The van der Waals surface area contributed by atoms with Gasteiger partial charge in [-0.1, -0.05) is 285 Å².